The number of amides is 1. The van der Waals surface area contributed by atoms with E-state index in [0.29, 0.717) is 5.92 Å². The van der Waals surface area contributed by atoms with E-state index >= 15 is 0 Å². The van der Waals surface area contributed by atoms with E-state index in [4.69, 9.17) is 0 Å². The molecule has 18 heavy (non-hydrogen) atoms. The van der Waals surface area contributed by atoms with Gasteiger partial charge in [0.1, 0.15) is 0 Å². The predicted octanol–water partition coefficient (Wildman–Crippen LogP) is 1.51. The highest BCUT2D eigenvalue weighted by atomic mass is 16.1. The van der Waals surface area contributed by atoms with Gasteiger partial charge in [0.2, 0.25) is 0 Å². The van der Waals surface area contributed by atoms with Crippen molar-refractivity contribution in [3.05, 3.63) is 36.0 Å². The van der Waals surface area contributed by atoms with E-state index < -0.39 is 0 Å². The van der Waals surface area contributed by atoms with Gasteiger partial charge < -0.3 is 15.6 Å². The van der Waals surface area contributed by atoms with Crippen molar-refractivity contribution in [2.75, 3.05) is 19.6 Å². The molecule has 2 heterocycles. The van der Waals surface area contributed by atoms with Gasteiger partial charge in [0, 0.05) is 29.2 Å². The van der Waals surface area contributed by atoms with E-state index in [9.17, 15) is 4.79 Å². The van der Waals surface area contributed by atoms with Crippen LogP contribution in [-0.2, 0) is 0 Å². The van der Waals surface area contributed by atoms with Crippen LogP contribution in [0.5, 0.6) is 0 Å². The number of nitrogens with one attached hydrogen (secondary N) is 3. The number of carbonyl (C=O) groups excluding carboxylic acids is 1. The zero-order chi connectivity index (χ0) is 12.4. The maximum atomic E-state index is 12.2. The summed E-state index contributed by atoms with van der Waals surface area (Å²) in [5, 5.41) is 7.32. The van der Waals surface area contributed by atoms with E-state index in [0.717, 1.165) is 42.5 Å². The number of aromatic amines is 1. The summed E-state index contributed by atoms with van der Waals surface area (Å²) in [5.74, 6) is 0.589. The highest BCUT2D eigenvalue weighted by molar-refractivity contribution is 6.06. The van der Waals surface area contributed by atoms with Crippen LogP contribution in [0.15, 0.2) is 30.5 Å². The van der Waals surface area contributed by atoms with Crippen molar-refractivity contribution in [3.63, 3.8) is 0 Å². The topological polar surface area (TPSA) is 56.9 Å². The van der Waals surface area contributed by atoms with Gasteiger partial charge in [0.05, 0.1) is 0 Å². The maximum Gasteiger partial charge on any atom is 0.251 e. The maximum absolute atomic E-state index is 12.2. The molecule has 3 N–H and O–H groups in total. The third kappa shape index (κ3) is 2.11. The quantitative estimate of drug-likeness (QED) is 0.765. The average molecular weight is 243 g/mol. The normalized spacial score (nSPS) is 19.2. The lowest BCUT2D eigenvalue weighted by Crippen LogP contribution is -2.30. The molecule has 0 radical (unpaired) electrons. The van der Waals surface area contributed by atoms with Crippen LogP contribution in [0.4, 0.5) is 0 Å². The molecule has 0 saturated carbocycles. The molecule has 1 saturated heterocycles. The fraction of sp³-hybridized carbons (Fsp3) is 0.357. The van der Waals surface area contributed by atoms with Crippen molar-refractivity contribution < 1.29 is 4.79 Å². The average Bonchev–Trinajstić information content (AvgIpc) is 3.05. The van der Waals surface area contributed by atoms with Crippen LogP contribution in [0.3, 0.4) is 0 Å². The van der Waals surface area contributed by atoms with E-state index in [1.165, 1.54) is 0 Å². The Morgan fingerprint density at radius 2 is 2.33 bits per heavy atom. The van der Waals surface area contributed by atoms with Gasteiger partial charge in [-0.25, -0.2) is 0 Å². The molecular weight excluding hydrogens is 226 g/mol. The second kappa shape index (κ2) is 4.82. The molecule has 1 amide bonds. The Kier molecular flexibility index (Phi) is 3.02. The summed E-state index contributed by atoms with van der Waals surface area (Å²) < 4.78 is 0. The number of benzene rings is 1. The molecule has 1 fully saturated rings. The molecule has 1 unspecified atom stereocenters. The highest BCUT2D eigenvalue weighted by Crippen LogP contribution is 2.17. The minimum atomic E-state index is 0.0205. The van der Waals surface area contributed by atoms with Gasteiger partial charge in [0.15, 0.2) is 0 Å². The molecule has 0 bridgehead atoms. The molecule has 3 rings (SSSR count). The lowest BCUT2D eigenvalue weighted by atomic mass is 10.1. The van der Waals surface area contributed by atoms with Crippen molar-refractivity contribution in [1.29, 1.82) is 0 Å². The molecule has 0 aliphatic carbocycles. The minimum absolute atomic E-state index is 0.0205. The SMILES string of the molecule is O=C(NCC1CCNC1)c1cccc2[nH]ccc12. The second-order valence-corrected chi connectivity index (χ2v) is 4.81. The molecule has 1 aromatic heterocycles. The summed E-state index contributed by atoms with van der Waals surface area (Å²) >= 11 is 0. The Bertz CT molecular complexity index is 555. The molecule has 1 aromatic carbocycles. The Balaban J connectivity index is 1.73. The first kappa shape index (κ1) is 11.3. The van der Waals surface area contributed by atoms with Crippen LogP contribution >= 0.6 is 0 Å². The lowest BCUT2D eigenvalue weighted by Gasteiger charge is -2.10. The Hall–Kier alpha value is -1.81. The summed E-state index contributed by atoms with van der Waals surface area (Å²) in [6.07, 6.45) is 3.01. The molecule has 4 nitrogen and oxygen atoms in total. The molecule has 2 aromatic rings. The lowest BCUT2D eigenvalue weighted by molar-refractivity contribution is 0.0950. The molecular formula is C14H17N3O. The molecule has 4 heteroatoms. The van der Waals surface area contributed by atoms with Gasteiger partial charge in [0.25, 0.3) is 5.91 Å². The third-order valence-electron chi connectivity index (χ3n) is 3.55. The molecule has 94 valence electrons. The summed E-state index contributed by atoms with van der Waals surface area (Å²) in [6, 6.07) is 7.71. The first-order valence-corrected chi connectivity index (χ1v) is 6.39. The number of H-pyrrole nitrogens is 1. The van der Waals surface area contributed by atoms with Crippen molar-refractivity contribution >= 4 is 16.8 Å². The van der Waals surface area contributed by atoms with Gasteiger partial charge >= 0.3 is 0 Å². The summed E-state index contributed by atoms with van der Waals surface area (Å²) in [6.45, 7) is 2.83. The van der Waals surface area contributed by atoms with E-state index in [1.807, 2.05) is 30.5 Å². The van der Waals surface area contributed by atoms with Crippen molar-refractivity contribution in [1.82, 2.24) is 15.6 Å². The molecule has 1 atom stereocenters. The largest absolute Gasteiger partial charge is 0.361 e. The summed E-state index contributed by atoms with van der Waals surface area (Å²) in [4.78, 5) is 15.3. The van der Waals surface area contributed by atoms with Crippen molar-refractivity contribution in [3.8, 4) is 0 Å². The van der Waals surface area contributed by atoms with E-state index in [-0.39, 0.29) is 5.91 Å². The Morgan fingerprint density at radius 3 is 3.17 bits per heavy atom. The van der Waals surface area contributed by atoms with Crippen LogP contribution in [0.25, 0.3) is 10.9 Å². The standard InChI is InChI=1S/C14H17N3O/c18-14(17-9-10-4-6-15-8-10)12-2-1-3-13-11(12)5-7-16-13/h1-3,5,7,10,15-16H,4,6,8-9H2,(H,17,18). The van der Waals surface area contributed by atoms with Gasteiger partial charge in [-0.1, -0.05) is 6.07 Å². The van der Waals surface area contributed by atoms with Crippen LogP contribution in [-0.4, -0.2) is 30.5 Å². The van der Waals surface area contributed by atoms with Crippen molar-refractivity contribution in [2.24, 2.45) is 5.92 Å². The summed E-state index contributed by atoms with van der Waals surface area (Å²) in [5.41, 5.74) is 1.75. The van der Waals surface area contributed by atoms with Crippen LogP contribution in [0.2, 0.25) is 0 Å². The molecule has 1 aliphatic heterocycles. The monoisotopic (exact) mass is 243 g/mol. The van der Waals surface area contributed by atoms with Crippen LogP contribution in [0, 0.1) is 5.92 Å². The highest BCUT2D eigenvalue weighted by Gasteiger charge is 2.16. The number of rotatable bonds is 3. The number of hydrogen-bond donors (Lipinski definition) is 3. The zero-order valence-corrected chi connectivity index (χ0v) is 10.2. The number of hydrogen-bond acceptors (Lipinski definition) is 2. The fourth-order valence-corrected chi connectivity index (χ4v) is 2.50. The molecule has 0 spiro atoms. The number of aromatic nitrogens is 1. The predicted molar refractivity (Wildman–Crippen MR) is 71.6 cm³/mol. The van der Waals surface area contributed by atoms with Crippen LogP contribution in [0.1, 0.15) is 16.8 Å². The zero-order valence-electron chi connectivity index (χ0n) is 10.2. The molecule has 1 aliphatic rings. The van der Waals surface area contributed by atoms with Crippen LogP contribution < -0.4 is 10.6 Å². The third-order valence-corrected chi connectivity index (χ3v) is 3.55. The Labute approximate surface area is 106 Å². The fourth-order valence-electron chi connectivity index (χ4n) is 2.50. The number of carbonyl (C=O) groups is 1. The first-order chi connectivity index (χ1) is 8.84. The minimum Gasteiger partial charge on any atom is -0.361 e. The summed E-state index contributed by atoms with van der Waals surface area (Å²) in [7, 11) is 0. The first-order valence-electron chi connectivity index (χ1n) is 6.39. The second-order valence-electron chi connectivity index (χ2n) is 4.81. The van der Waals surface area contributed by atoms with E-state index in [2.05, 4.69) is 15.6 Å². The van der Waals surface area contributed by atoms with Gasteiger partial charge in [-0.15, -0.1) is 0 Å². The number of fused-ring (bicyclic) bond motifs is 1. The Morgan fingerprint density at radius 1 is 1.39 bits per heavy atom. The van der Waals surface area contributed by atoms with Gasteiger partial charge in [-0.2, -0.15) is 0 Å². The van der Waals surface area contributed by atoms with Gasteiger partial charge in [-0.05, 0) is 43.6 Å². The van der Waals surface area contributed by atoms with E-state index in [1.54, 1.807) is 0 Å². The van der Waals surface area contributed by atoms with Gasteiger partial charge in [-0.3, -0.25) is 4.79 Å². The smallest absolute Gasteiger partial charge is 0.251 e. The van der Waals surface area contributed by atoms with Crippen molar-refractivity contribution in [2.45, 2.75) is 6.42 Å².